The Bertz CT molecular complexity index is 1090. The summed E-state index contributed by atoms with van der Waals surface area (Å²) in [7, 11) is 0. The Balaban J connectivity index is 1.79. The van der Waals surface area contributed by atoms with E-state index in [1.807, 2.05) is 48.2 Å². The standard InChI is InChI=1S/C24H27N3O2/c1-16-6-8-19(9-7-16)15-27-22-20(5-4-10-25-22)12-21(24(27)29)23(28)26-13-17(2)11-18(3)14-26/h4-10,12,17-18H,11,13-15H2,1-3H3. The third-order valence-electron chi connectivity index (χ3n) is 5.70. The highest BCUT2D eigenvalue weighted by molar-refractivity contribution is 5.97. The smallest absolute Gasteiger partial charge is 0.265 e. The van der Waals surface area contributed by atoms with Crippen LogP contribution >= 0.6 is 0 Å². The van der Waals surface area contributed by atoms with Crippen LogP contribution in [0.1, 0.15) is 41.8 Å². The van der Waals surface area contributed by atoms with Gasteiger partial charge in [-0.15, -0.1) is 0 Å². The van der Waals surface area contributed by atoms with Gasteiger partial charge >= 0.3 is 0 Å². The summed E-state index contributed by atoms with van der Waals surface area (Å²) >= 11 is 0. The topological polar surface area (TPSA) is 55.2 Å². The van der Waals surface area contributed by atoms with Crippen molar-refractivity contribution in [3.63, 3.8) is 0 Å². The summed E-state index contributed by atoms with van der Waals surface area (Å²) in [6, 6.07) is 13.5. The van der Waals surface area contributed by atoms with Crippen molar-refractivity contribution in [2.45, 2.75) is 33.7 Å². The van der Waals surface area contributed by atoms with E-state index in [1.165, 1.54) is 5.56 Å². The number of aromatic nitrogens is 2. The molecule has 0 radical (unpaired) electrons. The Morgan fingerprint density at radius 2 is 1.79 bits per heavy atom. The fourth-order valence-electron chi connectivity index (χ4n) is 4.38. The maximum absolute atomic E-state index is 13.4. The first-order valence-electron chi connectivity index (χ1n) is 10.3. The minimum absolute atomic E-state index is 0.170. The van der Waals surface area contributed by atoms with E-state index in [0.29, 0.717) is 37.1 Å². The van der Waals surface area contributed by atoms with E-state index in [-0.39, 0.29) is 17.0 Å². The molecule has 0 N–H and O–H groups in total. The molecule has 0 bridgehead atoms. The van der Waals surface area contributed by atoms with Crippen LogP contribution in [0.4, 0.5) is 0 Å². The molecular weight excluding hydrogens is 362 g/mol. The molecule has 0 saturated carbocycles. The molecule has 1 fully saturated rings. The van der Waals surface area contributed by atoms with Crippen molar-refractivity contribution in [1.29, 1.82) is 0 Å². The molecule has 2 atom stereocenters. The van der Waals surface area contributed by atoms with Crippen LogP contribution in [0.25, 0.3) is 11.0 Å². The van der Waals surface area contributed by atoms with Gasteiger partial charge in [0.1, 0.15) is 11.2 Å². The van der Waals surface area contributed by atoms with Crippen molar-refractivity contribution in [2.75, 3.05) is 13.1 Å². The first kappa shape index (κ1) is 19.4. The average molecular weight is 389 g/mol. The number of nitrogens with zero attached hydrogens (tertiary/aromatic N) is 3. The molecule has 29 heavy (non-hydrogen) atoms. The predicted molar refractivity (Wildman–Crippen MR) is 115 cm³/mol. The molecule has 3 aromatic rings. The second kappa shape index (κ2) is 7.82. The maximum atomic E-state index is 13.4. The van der Waals surface area contributed by atoms with Crippen molar-refractivity contribution in [2.24, 2.45) is 11.8 Å². The number of pyridine rings is 2. The van der Waals surface area contributed by atoms with E-state index in [1.54, 1.807) is 16.8 Å². The number of carbonyl (C=O) groups excluding carboxylic acids is 1. The molecule has 150 valence electrons. The molecule has 1 aliphatic rings. The number of likely N-dealkylation sites (tertiary alicyclic amines) is 1. The summed E-state index contributed by atoms with van der Waals surface area (Å²) in [6.07, 6.45) is 2.80. The minimum atomic E-state index is -0.271. The van der Waals surface area contributed by atoms with Gasteiger partial charge in [0.15, 0.2) is 0 Å². The highest BCUT2D eigenvalue weighted by atomic mass is 16.2. The molecular formula is C24H27N3O2. The van der Waals surface area contributed by atoms with Crippen LogP contribution in [-0.4, -0.2) is 33.4 Å². The quantitative estimate of drug-likeness (QED) is 0.683. The van der Waals surface area contributed by atoms with Gasteiger partial charge in [-0.3, -0.25) is 14.2 Å². The van der Waals surface area contributed by atoms with Crippen LogP contribution in [0.5, 0.6) is 0 Å². The lowest BCUT2D eigenvalue weighted by Crippen LogP contribution is -2.44. The third kappa shape index (κ3) is 3.95. The van der Waals surface area contributed by atoms with Gasteiger partial charge in [0.2, 0.25) is 0 Å². The Morgan fingerprint density at radius 1 is 1.10 bits per heavy atom. The van der Waals surface area contributed by atoms with Gasteiger partial charge < -0.3 is 4.90 Å². The average Bonchev–Trinajstić information content (AvgIpc) is 2.70. The lowest BCUT2D eigenvalue weighted by molar-refractivity contribution is 0.0621. The van der Waals surface area contributed by atoms with Gasteiger partial charge in [0.05, 0.1) is 6.54 Å². The van der Waals surface area contributed by atoms with Crippen molar-refractivity contribution in [1.82, 2.24) is 14.5 Å². The number of benzene rings is 1. The second-order valence-electron chi connectivity index (χ2n) is 8.51. The summed E-state index contributed by atoms with van der Waals surface area (Å²) in [6.45, 7) is 8.15. The first-order chi connectivity index (χ1) is 13.9. The van der Waals surface area contributed by atoms with Gasteiger partial charge in [-0.1, -0.05) is 43.7 Å². The number of fused-ring (bicyclic) bond motifs is 1. The van der Waals surface area contributed by atoms with Crippen LogP contribution in [-0.2, 0) is 6.54 Å². The van der Waals surface area contributed by atoms with E-state index < -0.39 is 0 Å². The number of aryl methyl sites for hydroxylation is 1. The van der Waals surface area contributed by atoms with E-state index in [0.717, 1.165) is 17.4 Å². The first-order valence-corrected chi connectivity index (χ1v) is 10.3. The van der Waals surface area contributed by atoms with Crippen LogP contribution in [0.2, 0.25) is 0 Å². The molecule has 1 saturated heterocycles. The van der Waals surface area contributed by atoms with Crippen molar-refractivity contribution in [3.05, 3.63) is 75.7 Å². The summed E-state index contributed by atoms with van der Waals surface area (Å²) in [4.78, 5) is 32.9. The lowest BCUT2D eigenvalue weighted by Gasteiger charge is -2.35. The second-order valence-corrected chi connectivity index (χ2v) is 8.51. The molecule has 0 spiro atoms. The molecule has 5 nitrogen and oxygen atoms in total. The van der Waals surface area contributed by atoms with Crippen molar-refractivity contribution in [3.8, 4) is 0 Å². The minimum Gasteiger partial charge on any atom is -0.338 e. The molecule has 4 rings (SSSR count). The Morgan fingerprint density at radius 3 is 2.48 bits per heavy atom. The molecule has 5 heteroatoms. The zero-order chi connectivity index (χ0) is 20.5. The van der Waals surface area contributed by atoms with E-state index >= 15 is 0 Å². The summed E-state index contributed by atoms with van der Waals surface area (Å²) in [5, 5.41) is 0.806. The third-order valence-corrected chi connectivity index (χ3v) is 5.70. The normalized spacial score (nSPS) is 19.5. The SMILES string of the molecule is Cc1ccc(Cn2c(=O)c(C(=O)N3CC(C)CC(C)C3)cc3cccnc32)cc1. The van der Waals surface area contributed by atoms with Gasteiger partial charge in [-0.05, 0) is 48.9 Å². The molecule has 1 aliphatic heterocycles. The van der Waals surface area contributed by atoms with Gasteiger partial charge in [0, 0.05) is 24.7 Å². The number of hydrogen-bond acceptors (Lipinski definition) is 3. The van der Waals surface area contributed by atoms with Crippen LogP contribution in [0, 0.1) is 18.8 Å². The summed E-state index contributed by atoms with van der Waals surface area (Å²) < 4.78 is 1.63. The van der Waals surface area contributed by atoms with E-state index in [2.05, 4.69) is 18.8 Å². The zero-order valence-electron chi connectivity index (χ0n) is 17.3. The van der Waals surface area contributed by atoms with E-state index in [9.17, 15) is 9.59 Å². The number of carbonyl (C=O) groups is 1. The Hall–Kier alpha value is -2.95. The largest absolute Gasteiger partial charge is 0.338 e. The van der Waals surface area contributed by atoms with Crippen LogP contribution in [0.3, 0.4) is 0 Å². The number of piperidine rings is 1. The van der Waals surface area contributed by atoms with Gasteiger partial charge in [0.25, 0.3) is 11.5 Å². The lowest BCUT2D eigenvalue weighted by atomic mass is 9.91. The van der Waals surface area contributed by atoms with Gasteiger partial charge in [-0.2, -0.15) is 0 Å². The highest BCUT2D eigenvalue weighted by Crippen LogP contribution is 2.23. The number of rotatable bonds is 3. The monoisotopic (exact) mass is 389 g/mol. The molecule has 0 aliphatic carbocycles. The fraction of sp³-hybridized carbons (Fsp3) is 0.375. The van der Waals surface area contributed by atoms with Crippen LogP contribution in [0.15, 0.2) is 53.5 Å². The van der Waals surface area contributed by atoms with Crippen LogP contribution < -0.4 is 5.56 Å². The summed E-state index contributed by atoms with van der Waals surface area (Å²) in [5.41, 5.74) is 2.75. The van der Waals surface area contributed by atoms with Crippen molar-refractivity contribution >= 4 is 16.9 Å². The molecule has 2 unspecified atom stereocenters. The fourth-order valence-corrected chi connectivity index (χ4v) is 4.38. The number of hydrogen-bond donors (Lipinski definition) is 0. The molecule has 1 amide bonds. The Kier molecular flexibility index (Phi) is 5.22. The zero-order valence-corrected chi connectivity index (χ0v) is 17.3. The summed E-state index contributed by atoms with van der Waals surface area (Å²) in [5.74, 6) is 0.719. The molecule has 1 aromatic carbocycles. The molecule has 2 aromatic heterocycles. The predicted octanol–water partition coefficient (Wildman–Crippen LogP) is 3.87. The highest BCUT2D eigenvalue weighted by Gasteiger charge is 2.28. The van der Waals surface area contributed by atoms with Gasteiger partial charge in [-0.25, -0.2) is 4.98 Å². The number of amides is 1. The van der Waals surface area contributed by atoms with E-state index in [4.69, 9.17) is 0 Å². The Labute approximate surface area is 171 Å². The maximum Gasteiger partial charge on any atom is 0.265 e. The molecule has 3 heterocycles. The van der Waals surface area contributed by atoms with Crippen molar-refractivity contribution < 1.29 is 4.79 Å².